The highest BCUT2D eigenvalue weighted by Crippen LogP contribution is 1.99. The molecule has 3 amide bonds. The van der Waals surface area contributed by atoms with E-state index in [0.717, 1.165) is 0 Å². The van der Waals surface area contributed by atoms with E-state index in [4.69, 9.17) is 9.84 Å². The molecule has 0 bridgehead atoms. The molecule has 4 N–H and O–H groups in total. The maximum atomic E-state index is 11.8. The number of ether oxygens (including phenoxy) is 1. The Hall–Kier alpha value is -2.16. The van der Waals surface area contributed by atoms with Gasteiger partial charge in [0.15, 0.2) is 0 Å². The smallest absolute Gasteiger partial charge is 0.322 e. The number of amides is 3. The number of aliphatic carboxylic acids is 1. The van der Waals surface area contributed by atoms with Crippen LogP contribution in [0.2, 0.25) is 0 Å². The van der Waals surface area contributed by atoms with Gasteiger partial charge in [-0.15, -0.1) is 0 Å². The molecule has 0 saturated carbocycles. The van der Waals surface area contributed by atoms with Crippen molar-refractivity contribution in [3.8, 4) is 0 Å². The molecule has 0 aliphatic heterocycles. The fourth-order valence-corrected chi connectivity index (χ4v) is 1.48. The molecule has 0 rings (SSSR count). The minimum absolute atomic E-state index is 0.0903. The van der Waals surface area contributed by atoms with Gasteiger partial charge in [0.25, 0.3) is 0 Å². The Bertz CT molecular complexity index is 427. The standard InChI is InChI=1S/C14H25N3O6/c1-4-9(3)13(21)15-6-11(18)17-10(8-23-5-2)14(22)16-7-12(19)20/h9-10H,4-8H2,1-3H3,(H,15,21)(H,16,22)(H,17,18)(H,19,20)/t9?,10-/m1/s1. The van der Waals surface area contributed by atoms with E-state index in [-0.39, 0.29) is 25.0 Å². The van der Waals surface area contributed by atoms with Crippen molar-refractivity contribution >= 4 is 23.7 Å². The van der Waals surface area contributed by atoms with Gasteiger partial charge in [0.2, 0.25) is 17.7 Å². The van der Waals surface area contributed by atoms with Crippen molar-refractivity contribution in [3.05, 3.63) is 0 Å². The lowest BCUT2D eigenvalue weighted by Crippen LogP contribution is -2.52. The maximum absolute atomic E-state index is 11.8. The lowest BCUT2D eigenvalue weighted by atomic mass is 10.1. The molecule has 0 fully saturated rings. The second-order valence-electron chi connectivity index (χ2n) is 4.92. The van der Waals surface area contributed by atoms with Crippen LogP contribution in [-0.4, -0.2) is 61.1 Å². The fourth-order valence-electron chi connectivity index (χ4n) is 1.48. The van der Waals surface area contributed by atoms with Gasteiger partial charge in [-0.05, 0) is 13.3 Å². The number of nitrogens with one attached hydrogen (secondary N) is 3. The van der Waals surface area contributed by atoms with Gasteiger partial charge in [-0.3, -0.25) is 19.2 Å². The van der Waals surface area contributed by atoms with E-state index in [0.29, 0.717) is 13.0 Å². The summed E-state index contributed by atoms with van der Waals surface area (Å²) < 4.78 is 5.10. The highest BCUT2D eigenvalue weighted by Gasteiger charge is 2.22. The molecule has 0 heterocycles. The average molecular weight is 331 g/mol. The first-order chi connectivity index (χ1) is 10.8. The van der Waals surface area contributed by atoms with E-state index in [1.54, 1.807) is 13.8 Å². The number of carbonyl (C=O) groups excluding carboxylic acids is 3. The summed E-state index contributed by atoms with van der Waals surface area (Å²) in [5.41, 5.74) is 0. The van der Waals surface area contributed by atoms with Crippen LogP contribution in [-0.2, 0) is 23.9 Å². The maximum Gasteiger partial charge on any atom is 0.322 e. The van der Waals surface area contributed by atoms with Crippen LogP contribution < -0.4 is 16.0 Å². The molecule has 132 valence electrons. The van der Waals surface area contributed by atoms with Crippen LogP contribution in [0.25, 0.3) is 0 Å². The van der Waals surface area contributed by atoms with Crippen LogP contribution in [0.15, 0.2) is 0 Å². The van der Waals surface area contributed by atoms with Crippen LogP contribution in [0.4, 0.5) is 0 Å². The third kappa shape index (κ3) is 9.46. The minimum atomic E-state index is -1.19. The second-order valence-corrected chi connectivity index (χ2v) is 4.92. The van der Waals surface area contributed by atoms with Gasteiger partial charge < -0.3 is 25.8 Å². The van der Waals surface area contributed by atoms with Gasteiger partial charge in [-0.1, -0.05) is 13.8 Å². The Morgan fingerprint density at radius 1 is 1.04 bits per heavy atom. The van der Waals surface area contributed by atoms with E-state index in [2.05, 4.69) is 16.0 Å². The van der Waals surface area contributed by atoms with Gasteiger partial charge in [-0.25, -0.2) is 0 Å². The molecule has 0 aliphatic carbocycles. The number of carboxylic acids is 1. The number of hydrogen-bond acceptors (Lipinski definition) is 5. The van der Waals surface area contributed by atoms with Gasteiger partial charge in [-0.2, -0.15) is 0 Å². The molecule has 0 aromatic carbocycles. The number of carbonyl (C=O) groups is 4. The van der Waals surface area contributed by atoms with Crippen molar-refractivity contribution in [2.24, 2.45) is 5.92 Å². The number of rotatable bonds is 11. The Kier molecular flexibility index (Phi) is 10.3. The molecule has 0 aliphatic rings. The van der Waals surface area contributed by atoms with E-state index in [9.17, 15) is 19.2 Å². The van der Waals surface area contributed by atoms with E-state index < -0.39 is 30.4 Å². The third-order valence-electron chi connectivity index (χ3n) is 3.04. The molecule has 23 heavy (non-hydrogen) atoms. The van der Waals surface area contributed by atoms with Crippen LogP contribution in [0.5, 0.6) is 0 Å². The zero-order chi connectivity index (χ0) is 17.8. The fraction of sp³-hybridized carbons (Fsp3) is 0.714. The third-order valence-corrected chi connectivity index (χ3v) is 3.04. The Morgan fingerprint density at radius 2 is 1.65 bits per heavy atom. The average Bonchev–Trinajstić information content (AvgIpc) is 2.53. The lowest BCUT2D eigenvalue weighted by Gasteiger charge is -2.18. The second kappa shape index (κ2) is 11.4. The monoisotopic (exact) mass is 331 g/mol. The Balaban J connectivity index is 4.45. The summed E-state index contributed by atoms with van der Waals surface area (Å²) in [6, 6.07) is -1.03. The van der Waals surface area contributed by atoms with Crippen molar-refractivity contribution in [2.45, 2.75) is 33.2 Å². The number of carboxylic acid groups (broad SMARTS) is 1. The highest BCUT2D eigenvalue weighted by molar-refractivity contribution is 5.91. The molecule has 0 aromatic rings. The summed E-state index contributed by atoms with van der Waals surface area (Å²) in [5, 5.41) is 15.6. The minimum Gasteiger partial charge on any atom is -0.480 e. The van der Waals surface area contributed by atoms with Crippen molar-refractivity contribution in [3.63, 3.8) is 0 Å². The molecule has 0 spiro atoms. The highest BCUT2D eigenvalue weighted by atomic mass is 16.5. The zero-order valence-corrected chi connectivity index (χ0v) is 13.7. The van der Waals surface area contributed by atoms with Crippen LogP contribution in [0.3, 0.4) is 0 Å². The predicted octanol–water partition coefficient (Wildman–Crippen LogP) is -1.13. The molecular weight excluding hydrogens is 306 g/mol. The first-order valence-electron chi connectivity index (χ1n) is 7.46. The SMILES string of the molecule is CCOC[C@@H](NC(=O)CNC(=O)C(C)CC)C(=O)NCC(=O)O. The molecule has 9 heteroatoms. The van der Waals surface area contributed by atoms with Crippen LogP contribution in [0, 0.1) is 5.92 Å². The molecular formula is C14H25N3O6. The summed E-state index contributed by atoms with van der Waals surface area (Å²) in [7, 11) is 0. The molecule has 2 atom stereocenters. The molecule has 0 saturated heterocycles. The Labute approximate surface area is 135 Å². The largest absolute Gasteiger partial charge is 0.480 e. The summed E-state index contributed by atoms with van der Waals surface area (Å²) in [6.45, 7) is 4.75. The first-order valence-corrected chi connectivity index (χ1v) is 7.46. The summed E-state index contributed by atoms with van der Waals surface area (Å²) in [5.74, 6) is -2.87. The van der Waals surface area contributed by atoms with E-state index in [1.165, 1.54) is 0 Å². The van der Waals surface area contributed by atoms with Crippen LogP contribution in [0.1, 0.15) is 27.2 Å². The molecule has 9 nitrogen and oxygen atoms in total. The topological polar surface area (TPSA) is 134 Å². The Morgan fingerprint density at radius 3 is 2.17 bits per heavy atom. The van der Waals surface area contributed by atoms with Crippen molar-refractivity contribution in [1.82, 2.24) is 16.0 Å². The summed E-state index contributed by atoms with van der Waals surface area (Å²) in [4.78, 5) is 45.7. The molecule has 1 unspecified atom stereocenters. The van der Waals surface area contributed by atoms with Crippen LogP contribution >= 0.6 is 0 Å². The van der Waals surface area contributed by atoms with Gasteiger partial charge >= 0.3 is 5.97 Å². The predicted molar refractivity (Wildman–Crippen MR) is 81.5 cm³/mol. The quantitative estimate of drug-likeness (QED) is 0.378. The van der Waals surface area contributed by atoms with Gasteiger partial charge in [0.1, 0.15) is 12.6 Å². The lowest BCUT2D eigenvalue weighted by molar-refractivity contribution is -0.138. The van der Waals surface area contributed by atoms with Gasteiger partial charge in [0.05, 0.1) is 13.2 Å². The normalized spacial score (nSPS) is 12.8. The summed E-state index contributed by atoms with van der Waals surface area (Å²) in [6.07, 6.45) is 0.651. The number of hydrogen-bond donors (Lipinski definition) is 4. The first kappa shape index (κ1) is 20.8. The van der Waals surface area contributed by atoms with E-state index >= 15 is 0 Å². The van der Waals surface area contributed by atoms with Crippen molar-refractivity contribution < 1.29 is 29.0 Å². The van der Waals surface area contributed by atoms with E-state index in [1.807, 2.05) is 6.92 Å². The van der Waals surface area contributed by atoms with Gasteiger partial charge in [0, 0.05) is 12.5 Å². The van der Waals surface area contributed by atoms with Crippen molar-refractivity contribution in [1.29, 1.82) is 0 Å². The molecule has 0 aromatic heterocycles. The summed E-state index contributed by atoms with van der Waals surface area (Å²) >= 11 is 0. The molecule has 0 radical (unpaired) electrons. The zero-order valence-electron chi connectivity index (χ0n) is 13.7. The van der Waals surface area contributed by atoms with Crippen molar-refractivity contribution in [2.75, 3.05) is 26.3 Å².